The van der Waals surface area contributed by atoms with Gasteiger partial charge in [0, 0.05) is 12.8 Å². The van der Waals surface area contributed by atoms with E-state index in [1.165, 1.54) is 18.4 Å². The number of nitrogens with one attached hydrogen (secondary N) is 1. The summed E-state index contributed by atoms with van der Waals surface area (Å²) in [5.74, 6) is -0.431. The molecule has 0 saturated carbocycles. The summed E-state index contributed by atoms with van der Waals surface area (Å²) in [5.41, 5.74) is 0.662. The number of nitrogens with zero attached hydrogens (tertiary/aromatic N) is 1. The molecule has 7 heteroatoms. The Morgan fingerprint density at radius 1 is 1.45 bits per heavy atom. The first kappa shape index (κ1) is 14.9. The van der Waals surface area contributed by atoms with Crippen molar-refractivity contribution >= 4 is 15.7 Å². The number of benzene rings is 1. The first-order valence-corrected chi connectivity index (χ1v) is 8.39. The standard InChI is InChI=1S/C13H17FN2O3S/c1-20(18,19)7-3-6-16-12(17)9-15-13(16)10-4-2-5-11(14)8-10/h2,4-5,8,13,15H,3,6-7,9H2,1H3. The quantitative estimate of drug-likeness (QED) is 0.869. The molecule has 1 unspecified atom stereocenters. The maximum atomic E-state index is 13.2. The molecule has 20 heavy (non-hydrogen) atoms. The van der Waals surface area contributed by atoms with Crippen LogP contribution in [0.2, 0.25) is 0 Å². The van der Waals surface area contributed by atoms with Crippen molar-refractivity contribution in [2.75, 3.05) is 25.1 Å². The van der Waals surface area contributed by atoms with Crippen LogP contribution in [0.3, 0.4) is 0 Å². The van der Waals surface area contributed by atoms with E-state index in [1.807, 2.05) is 0 Å². The lowest BCUT2D eigenvalue weighted by Gasteiger charge is -2.24. The maximum Gasteiger partial charge on any atom is 0.238 e. The first-order chi connectivity index (χ1) is 9.37. The molecule has 1 aliphatic heterocycles. The number of carbonyl (C=O) groups is 1. The summed E-state index contributed by atoms with van der Waals surface area (Å²) in [7, 11) is -3.04. The molecule has 0 radical (unpaired) electrons. The van der Waals surface area contributed by atoms with E-state index in [0.29, 0.717) is 18.5 Å². The Bertz CT molecular complexity index is 603. The van der Waals surface area contributed by atoms with Crippen LogP contribution in [0.1, 0.15) is 18.2 Å². The molecule has 0 aliphatic carbocycles. The van der Waals surface area contributed by atoms with Gasteiger partial charge in [-0.2, -0.15) is 0 Å². The molecule has 1 fully saturated rings. The van der Waals surface area contributed by atoms with Gasteiger partial charge in [-0.1, -0.05) is 12.1 Å². The first-order valence-electron chi connectivity index (χ1n) is 6.33. The molecule has 1 aromatic rings. The van der Waals surface area contributed by atoms with E-state index in [-0.39, 0.29) is 24.0 Å². The van der Waals surface area contributed by atoms with Gasteiger partial charge < -0.3 is 4.90 Å². The molecule has 1 saturated heterocycles. The van der Waals surface area contributed by atoms with E-state index in [0.717, 1.165) is 0 Å². The average molecular weight is 300 g/mol. The third-order valence-electron chi connectivity index (χ3n) is 3.16. The number of amides is 1. The second kappa shape index (κ2) is 5.88. The van der Waals surface area contributed by atoms with Crippen LogP contribution >= 0.6 is 0 Å². The lowest BCUT2D eigenvalue weighted by atomic mass is 10.1. The van der Waals surface area contributed by atoms with Gasteiger partial charge in [-0.15, -0.1) is 0 Å². The zero-order valence-electron chi connectivity index (χ0n) is 11.2. The molecule has 0 spiro atoms. The third kappa shape index (κ3) is 3.77. The van der Waals surface area contributed by atoms with Crippen LogP contribution in [0.4, 0.5) is 4.39 Å². The minimum Gasteiger partial charge on any atom is -0.322 e. The van der Waals surface area contributed by atoms with Crippen LogP contribution in [0.25, 0.3) is 0 Å². The predicted molar refractivity (Wildman–Crippen MR) is 73.2 cm³/mol. The van der Waals surface area contributed by atoms with Crippen molar-refractivity contribution in [3.63, 3.8) is 0 Å². The van der Waals surface area contributed by atoms with Gasteiger partial charge in [0.2, 0.25) is 5.91 Å². The minimum atomic E-state index is -3.04. The molecule has 110 valence electrons. The second-order valence-corrected chi connectivity index (χ2v) is 7.17. The highest BCUT2D eigenvalue weighted by molar-refractivity contribution is 7.90. The summed E-state index contributed by atoms with van der Waals surface area (Å²) in [6.07, 6.45) is 1.15. The fraction of sp³-hybridized carbons (Fsp3) is 0.462. The van der Waals surface area contributed by atoms with Crippen molar-refractivity contribution in [3.8, 4) is 0 Å². The molecule has 0 aromatic heterocycles. The summed E-state index contributed by atoms with van der Waals surface area (Å²) in [6, 6.07) is 6.04. The van der Waals surface area contributed by atoms with Crippen molar-refractivity contribution in [3.05, 3.63) is 35.6 Å². The lowest BCUT2D eigenvalue weighted by Crippen LogP contribution is -2.32. The molecule has 2 rings (SSSR count). The Hall–Kier alpha value is -1.47. The van der Waals surface area contributed by atoms with Gasteiger partial charge in [-0.3, -0.25) is 10.1 Å². The minimum absolute atomic E-state index is 0.0344. The topological polar surface area (TPSA) is 66.5 Å². The molecule has 1 N–H and O–H groups in total. The molecule has 1 aromatic carbocycles. The van der Waals surface area contributed by atoms with Crippen LogP contribution in [-0.4, -0.2) is 44.3 Å². The number of sulfone groups is 1. The van der Waals surface area contributed by atoms with Gasteiger partial charge in [0.25, 0.3) is 0 Å². The lowest BCUT2D eigenvalue weighted by molar-refractivity contribution is -0.128. The second-order valence-electron chi connectivity index (χ2n) is 4.91. The number of hydrogen-bond acceptors (Lipinski definition) is 4. The number of hydrogen-bond donors (Lipinski definition) is 1. The highest BCUT2D eigenvalue weighted by atomic mass is 32.2. The Balaban J connectivity index is 2.07. The molecule has 1 heterocycles. The van der Waals surface area contributed by atoms with Gasteiger partial charge in [0.05, 0.1) is 12.3 Å². The molecule has 1 amide bonds. The number of carbonyl (C=O) groups excluding carboxylic acids is 1. The van der Waals surface area contributed by atoms with Crippen molar-refractivity contribution in [1.29, 1.82) is 0 Å². The smallest absolute Gasteiger partial charge is 0.238 e. The summed E-state index contributed by atoms with van der Waals surface area (Å²) in [4.78, 5) is 13.4. The average Bonchev–Trinajstić information content (AvgIpc) is 2.70. The van der Waals surface area contributed by atoms with Crippen LogP contribution in [0.5, 0.6) is 0 Å². The van der Waals surface area contributed by atoms with E-state index in [9.17, 15) is 17.6 Å². The van der Waals surface area contributed by atoms with E-state index in [4.69, 9.17) is 0 Å². The van der Waals surface area contributed by atoms with Crippen molar-refractivity contribution < 1.29 is 17.6 Å². The van der Waals surface area contributed by atoms with Gasteiger partial charge in [0.1, 0.15) is 21.8 Å². The van der Waals surface area contributed by atoms with Crippen LogP contribution in [0, 0.1) is 5.82 Å². The molecule has 0 bridgehead atoms. The predicted octanol–water partition coefficient (Wildman–Crippen LogP) is 0.691. The maximum absolute atomic E-state index is 13.2. The van der Waals surface area contributed by atoms with E-state index < -0.39 is 16.0 Å². The van der Waals surface area contributed by atoms with Gasteiger partial charge in [0.15, 0.2) is 0 Å². The summed E-state index contributed by atoms with van der Waals surface area (Å²) >= 11 is 0. The van der Waals surface area contributed by atoms with Crippen LogP contribution in [0.15, 0.2) is 24.3 Å². The van der Waals surface area contributed by atoms with E-state index >= 15 is 0 Å². The van der Waals surface area contributed by atoms with Crippen molar-refractivity contribution in [2.45, 2.75) is 12.6 Å². The summed E-state index contributed by atoms with van der Waals surface area (Å²) in [5, 5.41) is 3.01. The van der Waals surface area contributed by atoms with E-state index in [1.54, 1.807) is 17.0 Å². The molecular weight excluding hydrogens is 283 g/mol. The molecular formula is C13H17FN2O3S. The van der Waals surface area contributed by atoms with E-state index in [2.05, 4.69) is 5.32 Å². The molecule has 1 atom stereocenters. The monoisotopic (exact) mass is 300 g/mol. The highest BCUT2D eigenvalue weighted by Crippen LogP contribution is 2.23. The summed E-state index contributed by atoms with van der Waals surface area (Å²) in [6.45, 7) is 0.514. The van der Waals surface area contributed by atoms with Crippen molar-refractivity contribution in [1.82, 2.24) is 10.2 Å². The van der Waals surface area contributed by atoms with Crippen LogP contribution < -0.4 is 5.32 Å². The number of halogens is 1. The number of rotatable bonds is 5. The largest absolute Gasteiger partial charge is 0.322 e. The highest BCUT2D eigenvalue weighted by Gasteiger charge is 2.31. The molecule has 5 nitrogen and oxygen atoms in total. The normalized spacial score (nSPS) is 19.6. The fourth-order valence-corrected chi connectivity index (χ4v) is 2.92. The zero-order valence-corrected chi connectivity index (χ0v) is 12.0. The Kier molecular flexibility index (Phi) is 4.39. The third-order valence-corrected chi connectivity index (χ3v) is 4.19. The fourth-order valence-electron chi connectivity index (χ4n) is 2.27. The van der Waals surface area contributed by atoms with Gasteiger partial charge in [-0.05, 0) is 24.1 Å². The van der Waals surface area contributed by atoms with Crippen LogP contribution in [-0.2, 0) is 14.6 Å². The zero-order chi connectivity index (χ0) is 14.8. The Morgan fingerprint density at radius 3 is 2.85 bits per heavy atom. The van der Waals surface area contributed by atoms with Crippen molar-refractivity contribution in [2.24, 2.45) is 0 Å². The summed E-state index contributed by atoms with van der Waals surface area (Å²) < 4.78 is 35.5. The van der Waals surface area contributed by atoms with Gasteiger partial charge in [-0.25, -0.2) is 12.8 Å². The van der Waals surface area contributed by atoms with Gasteiger partial charge >= 0.3 is 0 Å². The SMILES string of the molecule is CS(=O)(=O)CCCN1C(=O)CNC1c1cccc(F)c1. The Labute approximate surface area is 117 Å². The molecule has 1 aliphatic rings. The Morgan fingerprint density at radius 2 is 2.20 bits per heavy atom.